The first-order chi connectivity index (χ1) is 11.9. The lowest BCUT2D eigenvalue weighted by Crippen LogP contribution is -2.12. The third kappa shape index (κ3) is 4.29. The molecule has 3 aromatic rings. The van der Waals surface area contributed by atoms with Crippen LogP contribution in [0.2, 0.25) is 5.02 Å². The highest BCUT2D eigenvalue weighted by Crippen LogP contribution is 2.23. The fraction of sp³-hybridized carbons (Fsp3) is 0. The van der Waals surface area contributed by atoms with Gasteiger partial charge < -0.3 is 5.32 Å². The molecule has 0 saturated carbocycles. The van der Waals surface area contributed by atoms with Crippen molar-refractivity contribution in [1.29, 1.82) is 0 Å². The molecule has 0 fully saturated rings. The molecule has 0 amide bonds. The Balaban J connectivity index is 1.74. The van der Waals surface area contributed by atoms with Gasteiger partial charge in [-0.3, -0.25) is 4.72 Å². The summed E-state index contributed by atoms with van der Waals surface area (Å²) in [5, 5.41) is 3.39. The van der Waals surface area contributed by atoms with Crippen LogP contribution in [0.5, 0.6) is 0 Å². The van der Waals surface area contributed by atoms with Crippen molar-refractivity contribution in [2.24, 2.45) is 0 Å². The minimum absolute atomic E-state index is 0.116. The van der Waals surface area contributed by atoms with Crippen molar-refractivity contribution in [1.82, 2.24) is 0 Å². The minimum atomic E-state index is -3.70. The Morgan fingerprint density at radius 3 is 2.04 bits per heavy atom. The molecule has 3 aromatic carbocycles. The van der Waals surface area contributed by atoms with Crippen molar-refractivity contribution in [2.45, 2.75) is 4.90 Å². The Labute approximate surface area is 150 Å². The van der Waals surface area contributed by atoms with Crippen LogP contribution in [0.25, 0.3) is 0 Å². The molecule has 0 saturated heterocycles. The van der Waals surface area contributed by atoms with E-state index in [0.29, 0.717) is 22.1 Å². The van der Waals surface area contributed by atoms with Crippen LogP contribution in [0, 0.1) is 5.82 Å². The molecule has 0 heterocycles. The van der Waals surface area contributed by atoms with Crippen molar-refractivity contribution in [3.8, 4) is 0 Å². The molecule has 0 aliphatic heterocycles. The smallest absolute Gasteiger partial charge is 0.261 e. The van der Waals surface area contributed by atoms with Crippen molar-refractivity contribution in [2.75, 3.05) is 10.0 Å². The normalized spacial score (nSPS) is 11.1. The van der Waals surface area contributed by atoms with Gasteiger partial charge >= 0.3 is 0 Å². The Bertz CT molecular complexity index is 975. The largest absolute Gasteiger partial charge is 0.353 e. The molecule has 0 aliphatic carbocycles. The lowest BCUT2D eigenvalue weighted by molar-refractivity contribution is 0.601. The molecule has 7 heteroatoms. The topological polar surface area (TPSA) is 58.2 Å². The zero-order valence-corrected chi connectivity index (χ0v) is 14.5. The molecule has 0 radical (unpaired) electrons. The summed E-state index contributed by atoms with van der Waals surface area (Å²) in [4.78, 5) is 0.116. The van der Waals surface area contributed by atoms with E-state index >= 15 is 0 Å². The highest BCUT2D eigenvalue weighted by Gasteiger charge is 2.13. The van der Waals surface area contributed by atoms with Gasteiger partial charge in [0.05, 0.1) is 10.6 Å². The number of halogens is 2. The lowest BCUT2D eigenvalue weighted by atomic mass is 10.2. The van der Waals surface area contributed by atoms with Gasteiger partial charge in [-0.05, 0) is 60.7 Å². The lowest BCUT2D eigenvalue weighted by Gasteiger charge is -2.10. The minimum Gasteiger partial charge on any atom is -0.353 e. The highest BCUT2D eigenvalue weighted by atomic mass is 35.5. The second-order valence-corrected chi connectivity index (χ2v) is 7.36. The van der Waals surface area contributed by atoms with Crippen LogP contribution >= 0.6 is 11.6 Å². The van der Waals surface area contributed by atoms with E-state index in [1.54, 1.807) is 42.5 Å². The predicted molar refractivity (Wildman–Crippen MR) is 98.4 cm³/mol. The van der Waals surface area contributed by atoms with Crippen molar-refractivity contribution < 1.29 is 12.8 Å². The van der Waals surface area contributed by atoms with Gasteiger partial charge in [-0.25, -0.2) is 12.8 Å². The fourth-order valence-electron chi connectivity index (χ4n) is 2.17. The van der Waals surface area contributed by atoms with E-state index in [9.17, 15) is 12.8 Å². The summed E-state index contributed by atoms with van der Waals surface area (Å²) in [5.41, 5.74) is 1.38. The van der Waals surface area contributed by atoms with E-state index < -0.39 is 10.0 Å². The number of anilines is 3. The zero-order valence-electron chi connectivity index (χ0n) is 12.9. The van der Waals surface area contributed by atoms with Crippen LogP contribution < -0.4 is 10.0 Å². The van der Waals surface area contributed by atoms with Gasteiger partial charge in [-0.15, -0.1) is 0 Å². The van der Waals surface area contributed by atoms with Gasteiger partial charge in [-0.1, -0.05) is 23.7 Å². The molecule has 0 spiro atoms. The Morgan fingerprint density at radius 2 is 1.40 bits per heavy atom. The van der Waals surface area contributed by atoms with E-state index in [-0.39, 0.29) is 10.7 Å². The van der Waals surface area contributed by atoms with E-state index in [4.69, 9.17) is 11.6 Å². The molecule has 2 N–H and O–H groups in total. The first-order valence-electron chi connectivity index (χ1n) is 7.34. The first kappa shape index (κ1) is 17.3. The maximum absolute atomic E-state index is 13.6. The number of sulfonamides is 1. The number of rotatable bonds is 5. The average molecular weight is 377 g/mol. The van der Waals surface area contributed by atoms with Crippen LogP contribution in [-0.4, -0.2) is 8.42 Å². The molecular weight excluding hydrogens is 363 g/mol. The third-order valence-electron chi connectivity index (χ3n) is 3.41. The Hall–Kier alpha value is -2.57. The van der Waals surface area contributed by atoms with Crippen LogP contribution in [0.4, 0.5) is 21.5 Å². The first-order valence-corrected chi connectivity index (χ1v) is 9.20. The molecule has 3 rings (SSSR count). The van der Waals surface area contributed by atoms with E-state index in [1.165, 1.54) is 30.3 Å². The average Bonchev–Trinajstić information content (AvgIpc) is 2.59. The van der Waals surface area contributed by atoms with Gasteiger partial charge in [0, 0.05) is 16.4 Å². The number of benzene rings is 3. The summed E-state index contributed by atoms with van der Waals surface area (Å²) >= 11 is 5.77. The van der Waals surface area contributed by atoms with E-state index in [1.807, 2.05) is 0 Å². The Kier molecular flexibility index (Phi) is 4.92. The monoisotopic (exact) mass is 376 g/mol. The van der Waals surface area contributed by atoms with Gasteiger partial charge in [0.1, 0.15) is 5.82 Å². The van der Waals surface area contributed by atoms with E-state index in [0.717, 1.165) is 0 Å². The SMILES string of the molecule is O=S(=O)(Nc1ccc(Nc2ccccc2F)cc1)c1ccc(Cl)cc1. The third-order valence-corrected chi connectivity index (χ3v) is 5.06. The second-order valence-electron chi connectivity index (χ2n) is 5.24. The molecule has 0 atom stereocenters. The van der Waals surface area contributed by atoms with Crippen LogP contribution in [0.1, 0.15) is 0 Å². The summed E-state index contributed by atoms with van der Waals surface area (Å²) < 4.78 is 40.7. The maximum Gasteiger partial charge on any atom is 0.261 e. The molecule has 0 bridgehead atoms. The molecule has 4 nitrogen and oxygen atoms in total. The number of para-hydroxylation sites is 1. The number of hydrogen-bond acceptors (Lipinski definition) is 3. The van der Waals surface area contributed by atoms with Crippen LogP contribution in [0.3, 0.4) is 0 Å². The Morgan fingerprint density at radius 1 is 0.800 bits per heavy atom. The molecule has 25 heavy (non-hydrogen) atoms. The quantitative estimate of drug-likeness (QED) is 0.657. The van der Waals surface area contributed by atoms with Crippen molar-refractivity contribution in [3.63, 3.8) is 0 Å². The summed E-state index contributed by atoms with van der Waals surface area (Å²) in [7, 11) is -3.70. The van der Waals surface area contributed by atoms with Crippen LogP contribution in [0.15, 0.2) is 77.7 Å². The van der Waals surface area contributed by atoms with Crippen LogP contribution in [-0.2, 0) is 10.0 Å². The molecule has 0 aliphatic rings. The van der Waals surface area contributed by atoms with Gasteiger partial charge in [0.15, 0.2) is 0 Å². The van der Waals surface area contributed by atoms with Gasteiger partial charge in [-0.2, -0.15) is 0 Å². The van der Waals surface area contributed by atoms with Gasteiger partial charge in [0.2, 0.25) is 0 Å². The summed E-state index contributed by atoms with van der Waals surface area (Å²) in [6.07, 6.45) is 0. The highest BCUT2D eigenvalue weighted by molar-refractivity contribution is 7.92. The summed E-state index contributed by atoms with van der Waals surface area (Å²) in [6, 6.07) is 18.7. The van der Waals surface area contributed by atoms with Crippen molar-refractivity contribution in [3.05, 3.63) is 83.6 Å². The summed E-state index contributed by atoms with van der Waals surface area (Å²) in [5.74, 6) is -0.366. The standard InChI is InChI=1S/C18H14ClFN2O2S/c19-13-5-11-16(12-6-13)25(23,24)22-15-9-7-14(8-10-15)21-18-4-2-1-3-17(18)20/h1-12,21-22H. The fourth-order valence-corrected chi connectivity index (χ4v) is 3.35. The zero-order chi connectivity index (χ0) is 17.9. The molecule has 128 valence electrons. The predicted octanol–water partition coefficient (Wildman–Crippen LogP) is 5.02. The van der Waals surface area contributed by atoms with Crippen molar-refractivity contribution >= 4 is 38.7 Å². The van der Waals surface area contributed by atoms with E-state index in [2.05, 4.69) is 10.0 Å². The van der Waals surface area contributed by atoms with Gasteiger partial charge in [0.25, 0.3) is 10.0 Å². The number of hydrogen-bond donors (Lipinski definition) is 2. The maximum atomic E-state index is 13.6. The summed E-state index contributed by atoms with van der Waals surface area (Å²) in [6.45, 7) is 0. The second kappa shape index (κ2) is 7.13. The molecular formula is C18H14ClFN2O2S. The number of nitrogens with one attached hydrogen (secondary N) is 2. The molecule has 0 aromatic heterocycles. The molecule has 0 unspecified atom stereocenters.